The quantitative estimate of drug-likeness (QED) is 0.431. The fraction of sp³-hybridized carbons (Fsp3) is 0.667. The Morgan fingerprint density at radius 3 is 2.88 bits per heavy atom. The Morgan fingerprint density at radius 1 is 1.88 bits per heavy atom. The maximum atomic E-state index is 10.2. The zero-order valence-electron chi connectivity index (χ0n) is 4.75. The molecular formula is C3H8N2O2S. The third kappa shape index (κ3) is 3.76. The van der Waals surface area contributed by atoms with Crippen molar-refractivity contribution in [3.63, 3.8) is 0 Å². The maximum absolute atomic E-state index is 10.2. The monoisotopic (exact) mass is 136 g/mol. The molecule has 8 heavy (non-hydrogen) atoms. The highest BCUT2D eigenvalue weighted by atomic mass is 32.2. The standard InChI is InChI=1S/C3H8N2O2S/c1-3-4-5-8(6)7-2/h3,5H,1-2H3/b4-3+. The zero-order chi connectivity index (χ0) is 6.41. The molecule has 0 aliphatic rings. The van der Waals surface area contributed by atoms with Crippen molar-refractivity contribution in [2.24, 2.45) is 5.10 Å². The average Bonchev–Trinajstić information content (AvgIpc) is 1.83. The lowest BCUT2D eigenvalue weighted by Crippen LogP contribution is -2.10. The maximum Gasteiger partial charge on any atom is 0.277 e. The summed E-state index contributed by atoms with van der Waals surface area (Å²) in [5.74, 6) is 0. The Hall–Kier alpha value is -0.420. The van der Waals surface area contributed by atoms with Gasteiger partial charge in [-0.2, -0.15) is 5.10 Å². The summed E-state index contributed by atoms with van der Waals surface area (Å²) in [5, 5.41) is 3.44. The van der Waals surface area contributed by atoms with Crippen LogP contribution in [0.4, 0.5) is 0 Å². The Kier molecular flexibility index (Phi) is 4.48. The van der Waals surface area contributed by atoms with Crippen LogP contribution in [0.3, 0.4) is 0 Å². The molecule has 0 saturated heterocycles. The fourth-order valence-corrected chi connectivity index (χ4v) is 0.399. The SMILES string of the molecule is C/C=N/NS(=O)OC. The van der Waals surface area contributed by atoms with Crippen LogP contribution in [-0.2, 0) is 15.4 Å². The predicted molar refractivity (Wildman–Crippen MR) is 32.5 cm³/mol. The van der Waals surface area contributed by atoms with E-state index in [0.717, 1.165) is 0 Å². The molecule has 1 atom stereocenters. The number of nitrogens with one attached hydrogen (secondary N) is 1. The van der Waals surface area contributed by atoms with Gasteiger partial charge in [0.15, 0.2) is 0 Å². The van der Waals surface area contributed by atoms with Crippen molar-refractivity contribution in [1.82, 2.24) is 4.83 Å². The summed E-state index contributed by atoms with van der Waals surface area (Å²) in [6.07, 6.45) is 1.48. The molecule has 0 heterocycles. The van der Waals surface area contributed by atoms with Crippen LogP contribution in [0.5, 0.6) is 0 Å². The molecule has 0 bridgehead atoms. The van der Waals surface area contributed by atoms with Crippen LogP contribution < -0.4 is 4.83 Å². The molecule has 0 aliphatic carbocycles. The molecule has 0 aromatic rings. The summed E-state index contributed by atoms with van der Waals surface area (Å²) < 4.78 is 14.5. The van der Waals surface area contributed by atoms with Gasteiger partial charge >= 0.3 is 0 Å². The van der Waals surface area contributed by atoms with Gasteiger partial charge in [0, 0.05) is 6.21 Å². The third-order valence-electron chi connectivity index (χ3n) is 0.408. The van der Waals surface area contributed by atoms with Crippen molar-refractivity contribution in [3.05, 3.63) is 0 Å². The van der Waals surface area contributed by atoms with E-state index in [0.29, 0.717) is 0 Å². The van der Waals surface area contributed by atoms with Gasteiger partial charge in [0.25, 0.3) is 11.3 Å². The highest BCUT2D eigenvalue weighted by molar-refractivity contribution is 7.78. The van der Waals surface area contributed by atoms with E-state index in [1.54, 1.807) is 6.92 Å². The normalized spacial score (nSPS) is 14.2. The molecular weight excluding hydrogens is 128 g/mol. The van der Waals surface area contributed by atoms with Gasteiger partial charge in [0.1, 0.15) is 0 Å². The van der Waals surface area contributed by atoms with E-state index < -0.39 is 11.3 Å². The van der Waals surface area contributed by atoms with Crippen LogP contribution in [0.2, 0.25) is 0 Å². The molecule has 0 saturated carbocycles. The lowest BCUT2D eigenvalue weighted by Gasteiger charge is -1.91. The highest BCUT2D eigenvalue weighted by Crippen LogP contribution is 1.70. The highest BCUT2D eigenvalue weighted by Gasteiger charge is 1.85. The summed E-state index contributed by atoms with van der Waals surface area (Å²) in [5.41, 5.74) is 0. The minimum absolute atomic E-state index is 1.33. The molecule has 0 amide bonds. The Bertz CT molecular complexity index is 103. The summed E-state index contributed by atoms with van der Waals surface area (Å²) in [7, 11) is 1.33. The molecule has 0 aromatic heterocycles. The molecule has 0 fully saturated rings. The number of nitrogens with zero attached hydrogens (tertiary/aromatic N) is 1. The van der Waals surface area contributed by atoms with E-state index in [-0.39, 0.29) is 0 Å². The zero-order valence-corrected chi connectivity index (χ0v) is 5.57. The van der Waals surface area contributed by atoms with Gasteiger partial charge in [-0.25, -0.2) is 9.04 Å². The van der Waals surface area contributed by atoms with Crippen molar-refractivity contribution in [2.45, 2.75) is 6.92 Å². The van der Waals surface area contributed by atoms with Crippen molar-refractivity contribution in [2.75, 3.05) is 7.11 Å². The molecule has 1 unspecified atom stereocenters. The fourth-order valence-electron chi connectivity index (χ4n) is 0.133. The van der Waals surface area contributed by atoms with Gasteiger partial charge < -0.3 is 0 Å². The lowest BCUT2D eigenvalue weighted by molar-refractivity contribution is 0.438. The van der Waals surface area contributed by atoms with Crippen molar-refractivity contribution in [1.29, 1.82) is 0 Å². The minimum Gasteiger partial charge on any atom is -0.276 e. The van der Waals surface area contributed by atoms with Gasteiger partial charge in [-0.1, -0.05) is 0 Å². The molecule has 1 N–H and O–H groups in total. The van der Waals surface area contributed by atoms with Gasteiger partial charge in [-0.15, -0.1) is 0 Å². The molecule has 5 heteroatoms. The number of hydrazone groups is 1. The molecule has 0 spiro atoms. The number of hydrogen-bond donors (Lipinski definition) is 1. The smallest absolute Gasteiger partial charge is 0.276 e. The summed E-state index contributed by atoms with van der Waals surface area (Å²) in [6, 6.07) is 0. The first-order chi connectivity index (χ1) is 3.81. The Balaban J connectivity index is 3.25. The predicted octanol–water partition coefficient (Wildman–Crippen LogP) is -0.193. The van der Waals surface area contributed by atoms with Crippen LogP contribution in [0.25, 0.3) is 0 Å². The van der Waals surface area contributed by atoms with E-state index in [9.17, 15) is 4.21 Å². The lowest BCUT2D eigenvalue weighted by atomic mass is 10.9. The van der Waals surface area contributed by atoms with Crippen LogP contribution >= 0.6 is 0 Å². The van der Waals surface area contributed by atoms with Crippen LogP contribution in [-0.4, -0.2) is 17.5 Å². The minimum atomic E-state index is -1.47. The average molecular weight is 136 g/mol. The van der Waals surface area contributed by atoms with Crippen molar-refractivity contribution >= 4 is 17.5 Å². The summed E-state index contributed by atoms with van der Waals surface area (Å²) in [6.45, 7) is 1.71. The van der Waals surface area contributed by atoms with E-state index in [4.69, 9.17) is 0 Å². The van der Waals surface area contributed by atoms with E-state index in [2.05, 4.69) is 14.1 Å². The number of hydrogen-bond acceptors (Lipinski definition) is 3. The first-order valence-corrected chi connectivity index (χ1v) is 3.08. The van der Waals surface area contributed by atoms with Crippen molar-refractivity contribution in [3.8, 4) is 0 Å². The first kappa shape index (κ1) is 7.58. The third-order valence-corrected chi connectivity index (χ3v) is 0.965. The van der Waals surface area contributed by atoms with Gasteiger partial charge in [-0.05, 0) is 6.92 Å². The van der Waals surface area contributed by atoms with Crippen LogP contribution in [0, 0.1) is 0 Å². The molecule has 0 aromatic carbocycles. The van der Waals surface area contributed by atoms with E-state index in [1.165, 1.54) is 13.3 Å². The molecule has 4 nitrogen and oxygen atoms in total. The van der Waals surface area contributed by atoms with Crippen LogP contribution in [0.1, 0.15) is 6.92 Å². The van der Waals surface area contributed by atoms with E-state index in [1.807, 2.05) is 0 Å². The largest absolute Gasteiger partial charge is 0.277 e. The molecule has 0 rings (SSSR count). The van der Waals surface area contributed by atoms with Gasteiger partial charge in [-0.3, -0.25) is 4.18 Å². The van der Waals surface area contributed by atoms with Gasteiger partial charge in [0.2, 0.25) is 0 Å². The summed E-state index contributed by atoms with van der Waals surface area (Å²) in [4.78, 5) is 2.20. The topological polar surface area (TPSA) is 50.7 Å². The Labute approximate surface area is 50.7 Å². The van der Waals surface area contributed by atoms with Gasteiger partial charge in [0.05, 0.1) is 7.11 Å². The molecule has 0 radical (unpaired) electrons. The summed E-state index contributed by atoms with van der Waals surface area (Å²) >= 11 is -1.47. The van der Waals surface area contributed by atoms with Crippen molar-refractivity contribution < 1.29 is 8.39 Å². The number of rotatable bonds is 3. The Morgan fingerprint density at radius 2 is 2.50 bits per heavy atom. The van der Waals surface area contributed by atoms with E-state index >= 15 is 0 Å². The van der Waals surface area contributed by atoms with Crippen LogP contribution in [0.15, 0.2) is 5.10 Å². The first-order valence-electron chi connectivity index (χ1n) is 2.00. The molecule has 48 valence electrons. The second-order valence-electron chi connectivity index (χ2n) is 0.880. The second kappa shape index (κ2) is 4.73. The molecule has 0 aliphatic heterocycles. The second-order valence-corrected chi connectivity index (χ2v) is 1.87.